The third-order valence-electron chi connectivity index (χ3n) is 3.61. The number of nitrogen functional groups attached to an aromatic ring is 1. The van der Waals surface area contributed by atoms with Crippen LogP contribution in [0.25, 0.3) is 0 Å². The highest BCUT2D eigenvalue weighted by atomic mass is 35.5. The predicted octanol–water partition coefficient (Wildman–Crippen LogP) is 3.80. The summed E-state index contributed by atoms with van der Waals surface area (Å²) in [6.45, 7) is 2.11. The number of carbonyl (C=O) groups is 1. The summed E-state index contributed by atoms with van der Waals surface area (Å²) in [6, 6.07) is 4.99. The van der Waals surface area contributed by atoms with Crippen LogP contribution in [0.15, 0.2) is 18.2 Å². The molecule has 1 aliphatic carbocycles. The Bertz CT molecular complexity index is 457. The molecule has 0 bridgehead atoms. The first-order valence-corrected chi connectivity index (χ1v) is 6.75. The fraction of sp³-hybridized carbons (Fsp3) is 0.500. The molecule has 0 heterocycles. The van der Waals surface area contributed by atoms with Crippen molar-refractivity contribution in [1.82, 2.24) is 5.32 Å². The van der Waals surface area contributed by atoms with E-state index in [2.05, 4.69) is 12.2 Å². The molecule has 0 radical (unpaired) electrons. The number of carbonyl (C=O) groups excluding carboxylic acids is 1. The minimum atomic E-state index is -0.107. The van der Waals surface area contributed by atoms with Crippen LogP contribution in [0.1, 0.15) is 49.4 Å². The van der Waals surface area contributed by atoms with Gasteiger partial charge in [-0.15, -0.1) is 12.4 Å². The lowest BCUT2D eigenvalue weighted by Crippen LogP contribution is -2.47. The predicted molar refractivity (Wildman–Crippen MR) is 82.1 cm³/mol. The normalized spacial score (nSPS) is 17.4. The van der Waals surface area contributed by atoms with Crippen molar-refractivity contribution in [3.8, 4) is 0 Å². The zero-order valence-corrected chi connectivity index (χ0v) is 12.6. The zero-order valence-electron chi connectivity index (χ0n) is 11.0. The Labute approximate surface area is 125 Å². The molecule has 2 rings (SSSR count). The molecule has 0 spiro atoms. The van der Waals surface area contributed by atoms with Gasteiger partial charge in [0.05, 0.1) is 10.6 Å². The second-order valence-corrected chi connectivity index (χ2v) is 5.72. The molecule has 0 unspecified atom stereocenters. The minimum absolute atomic E-state index is 0. The Morgan fingerprint density at radius 1 is 1.32 bits per heavy atom. The van der Waals surface area contributed by atoms with Gasteiger partial charge in [-0.3, -0.25) is 4.79 Å². The molecule has 0 saturated heterocycles. The minimum Gasteiger partial charge on any atom is -0.399 e. The number of rotatable bonds is 2. The first kappa shape index (κ1) is 16.1. The van der Waals surface area contributed by atoms with Crippen LogP contribution in [-0.4, -0.2) is 11.4 Å². The van der Waals surface area contributed by atoms with Crippen molar-refractivity contribution in [3.63, 3.8) is 0 Å². The largest absolute Gasteiger partial charge is 0.399 e. The number of benzene rings is 1. The molecule has 19 heavy (non-hydrogen) atoms. The number of anilines is 1. The molecule has 1 aromatic rings. The maximum Gasteiger partial charge on any atom is 0.253 e. The molecule has 5 heteroatoms. The Hall–Kier alpha value is -0.930. The van der Waals surface area contributed by atoms with Gasteiger partial charge in [-0.25, -0.2) is 0 Å². The Balaban J connectivity index is 0.00000180. The summed E-state index contributed by atoms with van der Waals surface area (Å²) < 4.78 is 0. The Morgan fingerprint density at radius 3 is 2.53 bits per heavy atom. The zero-order chi connectivity index (χ0) is 13.2. The second kappa shape index (κ2) is 6.49. The molecule has 0 atom stereocenters. The molecule has 1 saturated carbocycles. The maximum atomic E-state index is 12.2. The van der Waals surface area contributed by atoms with E-state index in [-0.39, 0.29) is 23.9 Å². The molecule has 106 valence electrons. The van der Waals surface area contributed by atoms with Gasteiger partial charge in [-0.2, -0.15) is 0 Å². The molecule has 3 nitrogen and oxygen atoms in total. The third-order valence-corrected chi connectivity index (χ3v) is 3.92. The summed E-state index contributed by atoms with van der Waals surface area (Å²) in [4.78, 5) is 12.2. The lowest BCUT2D eigenvalue weighted by Gasteiger charge is -2.34. The summed E-state index contributed by atoms with van der Waals surface area (Å²) in [5.41, 5.74) is 6.59. The number of nitrogens with two attached hydrogens (primary N) is 1. The molecule has 0 aliphatic heterocycles. The molecule has 1 aliphatic rings. The fourth-order valence-electron chi connectivity index (χ4n) is 2.51. The van der Waals surface area contributed by atoms with E-state index >= 15 is 0 Å². The number of nitrogens with one attached hydrogen (secondary N) is 1. The SMILES string of the molecule is CC1(NC(=O)c2ccc(N)cc2Cl)CCCCC1.Cl. The molecular weight excluding hydrogens is 283 g/mol. The highest BCUT2D eigenvalue weighted by Crippen LogP contribution is 2.28. The van der Waals surface area contributed by atoms with Crippen LogP contribution >= 0.6 is 24.0 Å². The Morgan fingerprint density at radius 2 is 1.95 bits per heavy atom. The van der Waals surface area contributed by atoms with Crippen LogP contribution in [0.2, 0.25) is 5.02 Å². The standard InChI is InChI=1S/C14H19ClN2O.ClH/c1-14(7-3-2-4-8-14)17-13(18)11-6-5-10(16)9-12(11)15;/h5-6,9H,2-4,7-8,16H2,1H3,(H,17,18);1H. The van der Waals surface area contributed by atoms with Crippen molar-refractivity contribution in [3.05, 3.63) is 28.8 Å². The van der Waals surface area contributed by atoms with Gasteiger partial charge in [0, 0.05) is 11.2 Å². The monoisotopic (exact) mass is 302 g/mol. The van der Waals surface area contributed by atoms with Gasteiger partial charge >= 0.3 is 0 Å². The fourth-order valence-corrected chi connectivity index (χ4v) is 2.79. The summed E-state index contributed by atoms with van der Waals surface area (Å²) in [7, 11) is 0. The van der Waals surface area contributed by atoms with E-state index < -0.39 is 0 Å². The van der Waals surface area contributed by atoms with E-state index in [1.165, 1.54) is 19.3 Å². The van der Waals surface area contributed by atoms with Crippen molar-refractivity contribution < 1.29 is 4.79 Å². The lowest BCUT2D eigenvalue weighted by molar-refractivity contribution is 0.0883. The molecule has 1 amide bonds. The van der Waals surface area contributed by atoms with Gasteiger partial charge in [0.15, 0.2) is 0 Å². The smallest absolute Gasteiger partial charge is 0.253 e. The van der Waals surface area contributed by atoms with Crippen LogP contribution in [0.4, 0.5) is 5.69 Å². The summed E-state index contributed by atoms with van der Waals surface area (Å²) in [5, 5.41) is 3.52. The number of halogens is 2. The number of amides is 1. The highest BCUT2D eigenvalue weighted by Gasteiger charge is 2.29. The van der Waals surface area contributed by atoms with Crippen LogP contribution < -0.4 is 11.1 Å². The molecule has 1 aromatic carbocycles. The van der Waals surface area contributed by atoms with Crippen molar-refractivity contribution in [2.24, 2.45) is 0 Å². The van der Waals surface area contributed by atoms with E-state index in [1.54, 1.807) is 18.2 Å². The molecular formula is C14H20Cl2N2O. The average Bonchev–Trinajstić information content (AvgIpc) is 2.28. The quantitative estimate of drug-likeness (QED) is 0.817. The number of hydrogen-bond acceptors (Lipinski definition) is 2. The first-order chi connectivity index (χ1) is 8.50. The van der Waals surface area contributed by atoms with E-state index in [9.17, 15) is 4.79 Å². The van der Waals surface area contributed by atoms with Gasteiger partial charge in [0.2, 0.25) is 0 Å². The van der Waals surface area contributed by atoms with Gasteiger partial charge in [0.25, 0.3) is 5.91 Å². The summed E-state index contributed by atoms with van der Waals surface area (Å²) in [6.07, 6.45) is 5.67. The van der Waals surface area contributed by atoms with E-state index in [0.29, 0.717) is 16.3 Å². The van der Waals surface area contributed by atoms with Crippen LogP contribution in [-0.2, 0) is 0 Å². The van der Waals surface area contributed by atoms with Gasteiger partial charge < -0.3 is 11.1 Å². The molecule has 1 fully saturated rings. The average molecular weight is 303 g/mol. The van der Waals surface area contributed by atoms with Crippen molar-refractivity contribution in [2.45, 2.75) is 44.6 Å². The van der Waals surface area contributed by atoms with Gasteiger partial charge in [0.1, 0.15) is 0 Å². The van der Waals surface area contributed by atoms with Gasteiger partial charge in [-0.1, -0.05) is 30.9 Å². The highest BCUT2D eigenvalue weighted by molar-refractivity contribution is 6.34. The van der Waals surface area contributed by atoms with Crippen molar-refractivity contribution >= 4 is 35.6 Å². The summed E-state index contributed by atoms with van der Waals surface area (Å²) in [5.74, 6) is -0.107. The van der Waals surface area contributed by atoms with Crippen LogP contribution in [0, 0.1) is 0 Å². The topological polar surface area (TPSA) is 55.1 Å². The summed E-state index contributed by atoms with van der Waals surface area (Å²) >= 11 is 6.05. The van der Waals surface area contributed by atoms with Crippen LogP contribution in [0.5, 0.6) is 0 Å². The second-order valence-electron chi connectivity index (χ2n) is 5.31. The van der Waals surface area contributed by atoms with E-state index in [0.717, 1.165) is 12.8 Å². The molecule has 0 aromatic heterocycles. The Kier molecular flexibility index (Phi) is 5.50. The van der Waals surface area contributed by atoms with E-state index in [4.69, 9.17) is 17.3 Å². The van der Waals surface area contributed by atoms with Gasteiger partial charge in [-0.05, 0) is 38.0 Å². The first-order valence-electron chi connectivity index (χ1n) is 6.38. The van der Waals surface area contributed by atoms with Crippen molar-refractivity contribution in [1.29, 1.82) is 0 Å². The van der Waals surface area contributed by atoms with Crippen LogP contribution in [0.3, 0.4) is 0 Å². The molecule has 3 N–H and O–H groups in total. The third kappa shape index (κ3) is 4.02. The lowest BCUT2D eigenvalue weighted by atomic mass is 9.83. The van der Waals surface area contributed by atoms with E-state index in [1.807, 2.05) is 0 Å². The number of hydrogen-bond donors (Lipinski definition) is 2. The van der Waals surface area contributed by atoms with Crippen molar-refractivity contribution in [2.75, 3.05) is 5.73 Å². The maximum absolute atomic E-state index is 12.2.